The molecule has 10 heteroatoms. The average molecular weight is 723 g/mol. The van der Waals surface area contributed by atoms with E-state index in [0.29, 0.717) is 11.7 Å². The van der Waals surface area contributed by atoms with Gasteiger partial charge >= 0.3 is 5.97 Å². The highest BCUT2D eigenvalue weighted by atomic mass is 79.9. The van der Waals surface area contributed by atoms with E-state index in [1.54, 1.807) is 0 Å². The van der Waals surface area contributed by atoms with E-state index >= 15 is 0 Å². The second-order valence-electron chi connectivity index (χ2n) is 11.9. The molecule has 2 aromatic carbocycles. The molecule has 3 fully saturated rings. The molecule has 43 heavy (non-hydrogen) atoms. The Morgan fingerprint density at radius 3 is 1.35 bits per heavy atom. The second-order valence-corrected chi connectivity index (χ2v) is 13.8. The quantitative estimate of drug-likeness (QED) is 0.161. The van der Waals surface area contributed by atoms with Crippen molar-refractivity contribution in [2.75, 3.05) is 60.4 Å². The number of likely N-dealkylation sites (tertiary alicyclic amines) is 3. The molecule has 3 aliphatic heterocycles. The van der Waals surface area contributed by atoms with Crippen molar-refractivity contribution in [3.63, 3.8) is 0 Å². The van der Waals surface area contributed by atoms with E-state index in [2.05, 4.69) is 65.8 Å². The first-order chi connectivity index (χ1) is 20.6. The van der Waals surface area contributed by atoms with Crippen LogP contribution in [0.25, 0.3) is 0 Å². The summed E-state index contributed by atoms with van der Waals surface area (Å²) in [5.41, 5.74) is 2.69. The molecule has 0 atom stereocenters. The van der Waals surface area contributed by atoms with Crippen molar-refractivity contribution >= 4 is 49.3 Å². The van der Waals surface area contributed by atoms with E-state index in [1.807, 2.05) is 55.6 Å². The third kappa shape index (κ3) is 11.7. The Labute approximate surface area is 273 Å². The summed E-state index contributed by atoms with van der Waals surface area (Å²) in [4.78, 5) is 29.4. The number of ketones is 1. The van der Waals surface area contributed by atoms with E-state index in [4.69, 9.17) is 5.11 Å². The van der Waals surface area contributed by atoms with Gasteiger partial charge < -0.3 is 25.0 Å². The van der Waals surface area contributed by atoms with Crippen LogP contribution in [-0.2, 0) is 4.79 Å². The zero-order valence-corrected chi connectivity index (χ0v) is 28.8. The number of halogens is 2. The molecule has 8 nitrogen and oxygen atoms in total. The van der Waals surface area contributed by atoms with Crippen LogP contribution in [0.5, 0.6) is 0 Å². The van der Waals surface area contributed by atoms with Crippen LogP contribution in [0.3, 0.4) is 0 Å². The minimum Gasteiger partial charge on any atom is -0.481 e. The van der Waals surface area contributed by atoms with E-state index in [0.717, 1.165) is 104 Å². The monoisotopic (exact) mass is 720 g/mol. The summed E-state index contributed by atoms with van der Waals surface area (Å²) in [6.45, 7) is 6.06. The highest BCUT2D eigenvalue weighted by molar-refractivity contribution is 9.10. The summed E-state index contributed by atoms with van der Waals surface area (Å²) in [7, 11) is 6.27. The highest BCUT2D eigenvalue weighted by Crippen LogP contribution is 2.24. The number of benzene rings is 2. The minimum absolute atomic E-state index is 0.0869. The molecule has 3 heterocycles. The maximum atomic E-state index is 12.2. The van der Waals surface area contributed by atoms with Gasteiger partial charge in [0.1, 0.15) is 0 Å². The normalized spacial score (nSPS) is 20.0. The number of carbonyl (C=O) groups excluding carboxylic acids is 1. The van der Waals surface area contributed by atoms with E-state index in [1.165, 1.54) is 0 Å². The summed E-state index contributed by atoms with van der Waals surface area (Å²) in [5, 5.41) is 21.4. The SMILES string of the molecule is CN1CCC(/C(=N/O)c2ccc(Br)cc2)CC1.CN1CCC(C(=O)O)CC1.CN1CCC(C(=O)c2ccc(Br)cc2)CC1. The van der Waals surface area contributed by atoms with Crippen molar-refractivity contribution in [3.8, 4) is 0 Å². The van der Waals surface area contributed by atoms with Gasteiger partial charge in [-0.25, -0.2) is 0 Å². The second kappa shape index (κ2) is 18.0. The molecule has 2 aromatic rings. The fraction of sp³-hybridized carbons (Fsp3) is 0.545. The third-order valence-corrected chi connectivity index (χ3v) is 9.70. The Bertz CT molecular complexity index is 1170. The zero-order chi connectivity index (χ0) is 31.4. The zero-order valence-electron chi connectivity index (χ0n) is 25.6. The number of hydrogen-bond acceptors (Lipinski definition) is 7. The maximum absolute atomic E-state index is 12.2. The molecule has 0 amide bonds. The van der Waals surface area contributed by atoms with Gasteiger partial charge in [-0.2, -0.15) is 0 Å². The predicted molar refractivity (Wildman–Crippen MR) is 179 cm³/mol. The highest BCUT2D eigenvalue weighted by Gasteiger charge is 2.25. The van der Waals surface area contributed by atoms with Crippen molar-refractivity contribution in [3.05, 3.63) is 68.6 Å². The van der Waals surface area contributed by atoms with Gasteiger partial charge in [-0.05, 0) is 129 Å². The standard InChI is InChI=1S/C13H17BrN2O.C13H16BrNO.C7H13NO2/c1-16-8-6-11(7-9-16)13(15-17)10-2-4-12(14)5-3-10;1-15-8-6-11(7-9-15)13(16)10-2-4-12(14)5-3-10;1-8-4-2-6(3-5-8)7(9)10/h2-5,11,17H,6-9H2,1H3;2-5,11H,6-9H2,1H3;6H,2-5H2,1H3,(H,9,10)/b15-13+;;. The molecule has 5 rings (SSSR count). The molecule has 0 aliphatic carbocycles. The molecule has 3 saturated heterocycles. The average Bonchev–Trinajstić information content (AvgIpc) is 3.01. The van der Waals surface area contributed by atoms with Gasteiger partial charge in [-0.1, -0.05) is 61.3 Å². The van der Waals surface area contributed by atoms with Gasteiger partial charge in [0, 0.05) is 26.3 Å². The third-order valence-electron chi connectivity index (χ3n) is 8.64. The lowest BCUT2D eigenvalue weighted by atomic mass is 9.88. The van der Waals surface area contributed by atoms with Crippen LogP contribution in [-0.4, -0.2) is 103 Å². The first-order valence-electron chi connectivity index (χ1n) is 15.1. The molecular weight excluding hydrogens is 676 g/mol. The number of carboxylic acid groups (broad SMARTS) is 1. The van der Waals surface area contributed by atoms with Crippen LogP contribution in [0.15, 0.2) is 62.6 Å². The maximum Gasteiger partial charge on any atom is 0.306 e. The summed E-state index contributed by atoms with van der Waals surface area (Å²) >= 11 is 6.79. The van der Waals surface area contributed by atoms with Crippen molar-refractivity contribution in [1.29, 1.82) is 0 Å². The van der Waals surface area contributed by atoms with E-state index < -0.39 is 5.97 Å². The lowest BCUT2D eigenvalue weighted by Crippen LogP contribution is -2.33. The molecule has 0 unspecified atom stereocenters. The number of Topliss-reactive ketones (excluding diaryl/α,β-unsaturated/α-hetero) is 1. The summed E-state index contributed by atoms with van der Waals surface area (Å²) < 4.78 is 2.06. The Morgan fingerprint density at radius 1 is 0.628 bits per heavy atom. The largest absolute Gasteiger partial charge is 0.481 e. The molecule has 3 aliphatic rings. The van der Waals surface area contributed by atoms with Crippen LogP contribution in [0.1, 0.15) is 54.4 Å². The van der Waals surface area contributed by atoms with E-state index in [-0.39, 0.29) is 11.8 Å². The predicted octanol–water partition coefficient (Wildman–Crippen LogP) is 6.36. The van der Waals surface area contributed by atoms with Gasteiger partial charge in [0.15, 0.2) is 5.78 Å². The van der Waals surface area contributed by atoms with Crippen LogP contribution >= 0.6 is 31.9 Å². The summed E-state index contributed by atoms with van der Waals surface area (Å²) in [6.07, 6.45) is 5.73. The van der Waals surface area contributed by atoms with Crippen LogP contribution in [0.4, 0.5) is 0 Å². The first-order valence-corrected chi connectivity index (χ1v) is 16.7. The van der Waals surface area contributed by atoms with Crippen LogP contribution in [0, 0.1) is 17.8 Å². The number of oxime groups is 1. The van der Waals surface area contributed by atoms with Gasteiger partial charge in [-0.3, -0.25) is 9.59 Å². The van der Waals surface area contributed by atoms with Gasteiger partial charge in [0.2, 0.25) is 0 Å². The fourth-order valence-corrected chi connectivity index (χ4v) is 6.18. The lowest BCUT2D eigenvalue weighted by Gasteiger charge is -2.29. The Kier molecular flexibility index (Phi) is 14.8. The number of nitrogens with zero attached hydrogens (tertiary/aromatic N) is 4. The van der Waals surface area contributed by atoms with Gasteiger partial charge in [0.25, 0.3) is 0 Å². The molecular formula is C33H46Br2N4O4. The van der Waals surface area contributed by atoms with Crippen molar-refractivity contribution in [2.45, 2.75) is 38.5 Å². The summed E-state index contributed by atoms with van der Waals surface area (Å²) in [5.74, 6) is 0.180. The van der Waals surface area contributed by atoms with Crippen LogP contribution in [0.2, 0.25) is 0 Å². The number of carboxylic acids is 1. The Morgan fingerprint density at radius 2 is 0.977 bits per heavy atom. The van der Waals surface area contributed by atoms with Crippen LogP contribution < -0.4 is 0 Å². The molecule has 0 bridgehead atoms. The lowest BCUT2D eigenvalue weighted by molar-refractivity contribution is -0.143. The first kappa shape index (κ1) is 35.4. The molecule has 236 valence electrons. The molecule has 0 aromatic heterocycles. The number of carbonyl (C=O) groups is 2. The number of aliphatic carboxylic acids is 1. The molecule has 0 spiro atoms. The van der Waals surface area contributed by atoms with Crippen molar-refractivity contribution in [1.82, 2.24) is 14.7 Å². The fourth-order valence-electron chi connectivity index (χ4n) is 5.65. The number of piperidine rings is 3. The van der Waals surface area contributed by atoms with Crippen molar-refractivity contribution < 1.29 is 19.9 Å². The van der Waals surface area contributed by atoms with Crippen molar-refractivity contribution in [2.24, 2.45) is 22.9 Å². The summed E-state index contributed by atoms with van der Waals surface area (Å²) in [6, 6.07) is 15.6. The van der Waals surface area contributed by atoms with Gasteiger partial charge in [-0.15, -0.1) is 0 Å². The number of rotatable bonds is 5. The Hall–Kier alpha value is -2.11. The van der Waals surface area contributed by atoms with Gasteiger partial charge in [0.05, 0.1) is 11.6 Å². The van der Waals surface area contributed by atoms with E-state index in [9.17, 15) is 14.8 Å². The molecule has 2 N–H and O–H groups in total. The molecule has 0 radical (unpaired) electrons. The smallest absolute Gasteiger partial charge is 0.306 e. The molecule has 0 saturated carbocycles. The Balaban J connectivity index is 0.000000183. The topological polar surface area (TPSA) is 96.7 Å². The number of hydrogen-bond donors (Lipinski definition) is 2. The minimum atomic E-state index is -0.631.